The van der Waals surface area contributed by atoms with Crippen molar-refractivity contribution in [2.24, 2.45) is 0 Å². The molecular formula is C26H20O. The molecule has 2 aliphatic rings. The number of fused-ring (bicyclic) bond motifs is 4. The Bertz CT molecular complexity index is 1120. The predicted octanol–water partition coefficient (Wildman–Crippen LogP) is 5.95. The average Bonchev–Trinajstić information content (AvgIpc) is 3.02. The highest BCUT2D eigenvalue weighted by atomic mass is 16.1. The van der Waals surface area contributed by atoms with E-state index in [-0.39, 0.29) is 11.2 Å². The van der Waals surface area contributed by atoms with E-state index >= 15 is 0 Å². The third kappa shape index (κ3) is 2.09. The van der Waals surface area contributed by atoms with Crippen molar-refractivity contribution in [3.8, 4) is 0 Å². The third-order valence-electron chi connectivity index (χ3n) is 5.92. The van der Waals surface area contributed by atoms with Crippen molar-refractivity contribution in [2.75, 3.05) is 0 Å². The number of rotatable bonds is 2. The molecule has 0 aromatic heterocycles. The quantitative estimate of drug-likeness (QED) is 0.559. The van der Waals surface area contributed by atoms with Gasteiger partial charge >= 0.3 is 0 Å². The van der Waals surface area contributed by atoms with Crippen LogP contribution in [-0.4, -0.2) is 5.78 Å². The van der Waals surface area contributed by atoms with E-state index in [0.717, 1.165) is 17.5 Å². The van der Waals surface area contributed by atoms with Gasteiger partial charge in [0, 0.05) is 5.56 Å². The van der Waals surface area contributed by atoms with Gasteiger partial charge in [0.25, 0.3) is 0 Å². The maximum absolute atomic E-state index is 12.6. The standard InChI is InChI=1S/C26H20O/c1-2-21-25(18-10-4-3-5-11-18)20-13-7-9-15-23(20)26(21)17-16-24(27)19-12-6-8-14-22(19)26/h3-17H,2H2,1H3/t26-/m1/s1. The van der Waals surface area contributed by atoms with Crippen LogP contribution in [-0.2, 0) is 5.41 Å². The molecule has 0 amide bonds. The minimum Gasteiger partial charge on any atom is -0.289 e. The van der Waals surface area contributed by atoms with Crippen molar-refractivity contribution >= 4 is 11.4 Å². The molecular weight excluding hydrogens is 328 g/mol. The molecule has 0 aliphatic heterocycles. The van der Waals surface area contributed by atoms with Crippen LogP contribution in [0.4, 0.5) is 0 Å². The van der Waals surface area contributed by atoms with Gasteiger partial charge in [-0.2, -0.15) is 0 Å². The molecule has 0 heterocycles. The molecule has 1 spiro atoms. The molecule has 1 nitrogen and oxygen atoms in total. The fraction of sp³-hybridized carbons (Fsp3) is 0.115. The Hall–Kier alpha value is -3.19. The molecule has 0 radical (unpaired) electrons. The van der Waals surface area contributed by atoms with Crippen molar-refractivity contribution in [3.63, 3.8) is 0 Å². The fourth-order valence-corrected chi connectivity index (χ4v) is 4.88. The highest BCUT2D eigenvalue weighted by Gasteiger charge is 2.46. The summed E-state index contributed by atoms with van der Waals surface area (Å²) in [6.45, 7) is 2.22. The van der Waals surface area contributed by atoms with Gasteiger partial charge < -0.3 is 0 Å². The summed E-state index contributed by atoms with van der Waals surface area (Å²) in [5, 5.41) is 0. The monoisotopic (exact) mass is 348 g/mol. The molecule has 5 rings (SSSR count). The zero-order valence-corrected chi connectivity index (χ0v) is 15.3. The van der Waals surface area contributed by atoms with Crippen LogP contribution in [0.3, 0.4) is 0 Å². The van der Waals surface area contributed by atoms with Crippen molar-refractivity contribution in [1.29, 1.82) is 0 Å². The van der Waals surface area contributed by atoms with Gasteiger partial charge in [0.1, 0.15) is 0 Å². The molecule has 3 aromatic rings. The Morgan fingerprint density at radius 2 is 1.33 bits per heavy atom. The zero-order valence-electron chi connectivity index (χ0n) is 15.3. The van der Waals surface area contributed by atoms with E-state index in [2.05, 4.69) is 73.7 Å². The second kappa shape index (κ2) is 5.92. The van der Waals surface area contributed by atoms with Gasteiger partial charge in [0.05, 0.1) is 5.41 Å². The van der Waals surface area contributed by atoms with Crippen molar-refractivity contribution in [1.82, 2.24) is 0 Å². The van der Waals surface area contributed by atoms with Crippen LogP contribution in [0.2, 0.25) is 0 Å². The summed E-state index contributed by atoms with van der Waals surface area (Å²) in [5.74, 6) is 0.0947. The van der Waals surface area contributed by atoms with Crippen LogP contribution in [0.1, 0.15) is 46.0 Å². The topological polar surface area (TPSA) is 17.1 Å². The van der Waals surface area contributed by atoms with Crippen LogP contribution in [0.25, 0.3) is 5.57 Å². The molecule has 1 heteroatoms. The maximum atomic E-state index is 12.6. The van der Waals surface area contributed by atoms with Crippen LogP contribution < -0.4 is 0 Å². The molecule has 0 unspecified atom stereocenters. The SMILES string of the molecule is CCC1=C(c2ccccc2)c2ccccc2[C@]12C=CC(=O)c1ccccc12. The Morgan fingerprint density at radius 3 is 2.04 bits per heavy atom. The summed E-state index contributed by atoms with van der Waals surface area (Å²) in [4.78, 5) is 12.6. The minimum atomic E-state index is -0.360. The molecule has 0 fully saturated rings. The molecule has 0 saturated carbocycles. The van der Waals surface area contributed by atoms with Gasteiger partial charge in [-0.15, -0.1) is 0 Å². The number of hydrogen-bond donors (Lipinski definition) is 0. The molecule has 0 saturated heterocycles. The lowest BCUT2D eigenvalue weighted by molar-refractivity contribution is 0.104. The molecule has 2 aliphatic carbocycles. The Labute approximate surface area is 159 Å². The van der Waals surface area contributed by atoms with Crippen LogP contribution in [0.15, 0.2) is 96.6 Å². The van der Waals surface area contributed by atoms with Crippen LogP contribution in [0, 0.1) is 0 Å². The number of hydrogen-bond acceptors (Lipinski definition) is 1. The maximum Gasteiger partial charge on any atom is 0.185 e. The highest BCUT2D eigenvalue weighted by Crippen LogP contribution is 2.56. The third-order valence-corrected chi connectivity index (χ3v) is 5.92. The normalized spacial score (nSPS) is 20.1. The molecule has 27 heavy (non-hydrogen) atoms. The highest BCUT2D eigenvalue weighted by molar-refractivity contribution is 6.09. The first-order chi connectivity index (χ1) is 13.3. The summed E-state index contributed by atoms with van der Waals surface area (Å²) >= 11 is 0. The van der Waals surface area contributed by atoms with E-state index in [4.69, 9.17) is 0 Å². The summed E-state index contributed by atoms with van der Waals surface area (Å²) < 4.78 is 0. The van der Waals surface area contributed by atoms with E-state index < -0.39 is 0 Å². The smallest absolute Gasteiger partial charge is 0.185 e. The van der Waals surface area contributed by atoms with Gasteiger partial charge in [0.2, 0.25) is 0 Å². The van der Waals surface area contributed by atoms with E-state index in [9.17, 15) is 4.79 Å². The van der Waals surface area contributed by atoms with E-state index in [0.29, 0.717) is 0 Å². The van der Waals surface area contributed by atoms with Gasteiger partial charge in [-0.3, -0.25) is 4.79 Å². The second-order valence-corrected chi connectivity index (χ2v) is 7.17. The summed E-state index contributed by atoms with van der Waals surface area (Å²) in [5.41, 5.74) is 8.02. The Morgan fingerprint density at radius 1 is 0.741 bits per heavy atom. The average molecular weight is 348 g/mol. The summed E-state index contributed by atoms with van der Waals surface area (Å²) in [6.07, 6.45) is 4.82. The first-order valence-corrected chi connectivity index (χ1v) is 9.49. The fourth-order valence-electron chi connectivity index (χ4n) is 4.88. The van der Waals surface area contributed by atoms with Gasteiger partial charge in [-0.25, -0.2) is 0 Å². The summed E-state index contributed by atoms with van der Waals surface area (Å²) in [7, 11) is 0. The van der Waals surface area contributed by atoms with E-state index in [1.54, 1.807) is 6.08 Å². The van der Waals surface area contributed by atoms with Crippen LogP contribution in [0.5, 0.6) is 0 Å². The van der Waals surface area contributed by atoms with Gasteiger partial charge in [-0.1, -0.05) is 91.9 Å². The Kier molecular flexibility index (Phi) is 3.51. The summed E-state index contributed by atoms with van der Waals surface area (Å²) in [6, 6.07) is 27.3. The molecule has 0 N–H and O–H groups in total. The van der Waals surface area contributed by atoms with E-state index in [1.807, 2.05) is 18.2 Å². The lowest BCUT2D eigenvalue weighted by Crippen LogP contribution is -2.31. The Balaban J connectivity index is 1.92. The molecule has 0 bridgehead atoms. The molecule has 1 atom stereocenters. The number of benzene rings is 3. The van der Waals surface area contributed by atoms with Crippen molar-refractivity contribution in [3.05, 3.63) is 124 Å². The predicted molar refractivity (Wildman–Crippen MR) is 110 cm³/mol. The molecule has 3 aromatic carbocycles. The van der Waals surface area contributed by atoms with Crippen molar-refractivity contribution < 1.29 is 4.79 Å². The van der Waals surface area contributed by atoms with E-state index in [1.165, 1.54) is 27.8 Å². The minimum absolute atomic E-state index is 0.0947. The van der Waals surface area contributed by atoms with Crippen LogP contribution >= 0.6 is 0 Å². The molecule has 130 valence electrons. The number of carbonyl (C=O) groups is 1. The number of carbonyl (C=O) groups excluding carboxylic acids is 1. The first kappa shape index (κ1) is 16.0. The lowest BCUT2D eigenvalue weighted by Gasteiger charge is -2.35. The second-order valence-electron chi connectivity index (χ2n) is 7.17. The number of ketones is 1. The van der Waals surface area contributed by atoms with Gasteiger partial charge in [0.15, 0.2) is 5.78 Å². The van der Waals surface area contributed by atoms with Crippen molar-refractivity contribution in [2.45, 2.75) is 18.8 Å². The number of allylic oxidation sites excluding steroid dienone is 3. The first-order valence-electron chi connectivity index (χ1n) is 9.49. The lowest BCUT2D eigenvalue weighted by atomic mass is 9.66. The zero-order chi connectivity index (χ0) is 18.4. The van der Waals surface area contributed by atoms with Gasteiger partial charge in [-0.05, 0) is 45.9 Å². The largest absolute Gasteiger partial charge is 0.289 e.